The van der Waals surface area contributed by atoms with E-state index >= 15 is 0 Å². The number of carbonyl (C=O) groups is 4. The van der Waals surface area contributed by atoms with Crippen molar-refractivity contribution in [2.24, 2.45) is 0 Å². The zero-order valence-electron chi connectivity index (χ0n) is 26.4. The maximum atomic E-state index is 14.1. The van der Waals surface area contributed by atoms with Crippen LogP contribution in [0, 0.1) is 27.7 Å². The number of hydrogen-bond acceptors (Lipinski definition) is 6. The number of benzene rings is 6. The lowest BCUT2D eigenvalue weighted by Crippen LogP contribution is -2.41. The molecular weight excluding hydrogens is 637 g/mol. The minimum absolute atomic E-state index is 0.338. The molecule has 0 radical (unpaired) electrons. The van der Waals surface area contributed by atoms with Crippen LogP contribution in [0.4, 0.5) is 11.4 Å². The molecule has 0 atom stereocenters. The molecule has 0 unspecified atom stereocenters. The summed E-state index contributed by atoms with van der Waals surface area (Å²) in [6.07, 6.45) is 0. The van der Waals surface area contributed by atoms with Crippen molar-refractivity contribution in [2.45, 2.75) is 27.7 Å². The van der Waals surface area contributed by atoms with Crippen LogP contribution in [-0.4, -0.2) is 23.6 Å². The molecule has 48 heavy (non-hydrogen) atoms. The first-order chi connectivity index (χ1) is 23.2. The van der Waals surface area contributed by atoms with E-state index in [4.69, 9.17) is 0 Å². The number of imide groups is 2. The fraction of sp³-hybridized carbons (Fsp3) is 0.100. The quantitative estimate of drug-likeness (QED) is 0.173. The van der Waals surface area contributed by atoms with Crippen LogP contribution in [-0.2, 0) is 0 Å². The SMILES string of the molecule is Cc1cccc(C)c1N1C(=O)c2ccc3sc4ccc5c6c(ccc(sc7ccc(c2c37)C1=O)c46)C(=O)N(c1c(C)cccc1C)C5=O. The second kappa shape index (κ2) is 10.0. The summed E-state index contributed by atoms with van der Waals surface area (Å²) in [6.45, 7) is 7.65. The first kappa shape index (κ1) is 28.8. The van der Waals surface area contributed by atoms with Crippen molar-refractivity contribution in [3.05, 3.63) is 129 Å². The van der Waals surface area contributed by atoms with Crippen LogP contribution in [0.15, 0.2) is 84.9 Å². The molecule has 6 aromatic carbocycles. The van der Waals surface area contributed by atoms with Crippen LogP contribution in [0.1, 0.15) is 63.7 Å². The van der Waals surface area contributed by atoms with Gasteiger partial charge in [0.15, 0.2) is 0 Å². The zero-order valence-corrected chi connectivity index (χ0v) is 28.1. The van der Waals surface area contributed by atoms with Crippen LogP contribution in [0.25, 0.3) is 40.3 Å². The molecule has 0 N–H and O–H groups in total. The van der Waals surface area contributed by atoms with Gasteiger partial charge >= 0.3 is 0 Å². The molecule has 0 aliphatic carbocycles. The smallest absolute Gasteiger partial charge is 0.266 e. The van der Waals surface area contributed by atoms with E-state index in [9.17, 15) is 19.2 Å². The van der Waals surface area contributed by atoms with E-state index in [-0.39, 0.29) is 23.6 Å². The number of aryl methyl sites for hydroxylation is 4. The van der Waals surface area contributed by atoms with Crippen molar-refractivity contribution < 1.29 is 19.2 Å². The van der Waals surface area contributed by atoms with E-state index in [0.29, 0.717) is 44.4 Å². The zero-order chi connectivity index (χ0) is 33.2. The van der Waals surface area contributed by atoms with Crippen LogP contribution in [0.2, 0.25) is 0 Å². The van der Waals surface area contributed by atoms with Crippen molar-refractivity contribution in [3.63, 3.8) is 0 Å². The standard InChI is InChI=1S/C40H26N2O4S2/c1-19-7-5-8-20(2)35(19)41-37(43)23-11-15-27-33-28(16-12-24(31(23)33)38(41)44)48-30-18-14-26-32-25(13-17-29(47-27)34(30)32)39(45)42(40(26)46)36-21(3)9-6-10-22(36)4/h5-18H,1-4H3. The largest absolute Gasteiger partial charge is 0.268 e. The van der Waals surface area contributed by atoms with Crippen molar-refractivity contribution in [2.75, 3.05) is 9.80 Å². The van der Waals surface area contributed by atoms with Gasteiger partial charge in [0.05, 0.1) is 11.4 Å². The minimum Gasteiger partial charge on any atom is -0.268 e. The predicted molar refractivity (Wildman–Crippen MR) is 195 cm³/mol. The average molecular weight is 663 g/mol. The molecular formula is C40H26N2O4S2. The first-order valence-corrected chi connectivity index (χ1v) is 17.2. The monoisotopic (exact) mass is 662 g/mol. The van der Waals surface area contributed by atoms with Crippen LogP contribution in [0.5, 0.6) is 0 Å². The molecule has 0 bridgehead atoms. The predicted octanol–water partition coefficient (Wildman–Crippen LogP) is 9.82. The number of rotatable bonds is 2. The molecule has 6 nitrogen and oxygen atoms in total. The molecule has 0 fully saturated rings. The van der Waals surface area contributed by atoms with Crippen molar-refractivity contribution in [1.29, 1.82) is 0 Å². The molecule has 1 aromatic heterocycles. The molecule has 4 amide bonds. The molecule has 8 heteroatoms. The van der Waals surface area contributed by atoms with Gasteiger partial charge in [0.25, 0.3) is 23.6 Å². The van der Waals surface area contributed by atoms with E-state index < -0.39 is 0 Å². The Hall–Kier alpha value is -5.44. The summed E-state index contributed by atoms with van der Waals surface area (Å²) in [5.74, 6) is -1.35. The number of anilines is 2. The third-order valence-corrected chi connectivity index (χ3v) is 11.9. The Labute approximate surface area is 283 Å². The van der Waals surface area contributed by atoms with E-state index in [1.165, 1.54) is 32.5 Å². The Morgan fingerprint density at radius 2 is 0.646 bits per heavy atom. The van der Waals surface area contributed by atoms with Gasteiger partial charge in [0.1, 0.15) is 0 Å². The van der Waals surface area contributed by atoms with Gasteiger partial charge in [-0.25, -0.2) is 9.80 Å². The summed E-state index contributed by atoms with van der Waals surface area (Å²) in [4.78, 5) is 59.1. The molecule has 9 rings (SSSR count). The molecule has 0 saturated carbocycles. The highest BCUT2D eigenvalue weighted by Gasteiger charge is 2.38. The number of nitrogens with zero attached hydrogens (tertiary/aromatic N) is 2. The van der Waals surface area contributed by atoms with E-state index in [2.05, 4.69) is 0 Å². The Kier molecular flexibility index (Phi) is 6.01. The summed E-state index contributed by atoms with van der Waals surface area (Å²) in [5.41, 5.74) is 6.63. The highest BCUT2D eigenvalue weighted by molar-refractivity contribution is 7.29. The Balaban J connectivity index is 1.30. The Morgan fingerprint density at radius 3 is 0.917 bits per heavy atom. The van der Waals surface area contributed by atoms with Gasteiger partial charge in [-0.2, -0.15) is 0 Å². The minimum atomic E-state index is -0.338. The number of amides is 4. The lowest BCUT2D eigenvalue weighted by Gasteiger charge is -2.30. The maximum absolute atomic E-state index is 14.1. The molecule has 3 heterocycles. The second-order valence-electron chi connectivity index (χ2n) is 12.5. The van der Waals surface area contributed by atoms with Crippen molar-refractivity contribution in [3.8, 4) is 0 Å². The summed E-state index contributed by atoms with van der Waals surface area (Å²) in [5, 5.41) is 3.03. The lowest BCUT2D eigenvalue weighted by atomic mass is 9.92. The van der Waals surface area contributed by atoms with Crippen LogP contribution < -0.4 is 9.80 Å². The molecule has 0 spiro atoms. The summed E-state index contributed by atoms with van der Waals surface area (Å²) in [6, 6.07) is 26.6. The van der Waals surface area contributed by atoms with Crippen molar-refractivity contribution >= 4 is 98.0 Å². The van der Waals surface area contributed by atoms with Gasteiger partial charge < -0.3 is 0 Å². The molecule has 2 aliphatic rings. The van der Waals surface area contributed by atoms with Gasteiger partial charge in [-0.3, -0.25) is 19.2 Å². The third-order valence-electron chi connectivity index (χ3n) is 9.67. The van der Waals surface area contributed by atoms with Crippen LogP contribution >= 0.6 is 22.7 Å². The van der Waals surface area contributed by atoms with Gasteiger partial charge in [0.2, 0.25) is 0 Å². The summed E-state index contributed by atoms with van der Waals surface area (Å²) < 4.78 is 3.60. The Morgan fingerprint density at radius 1 is 0.375 bits per heavy atom. The lowest BCUT2D eigenvalue weighted by molar-refractivity contribution is 0.0877. The number of carbonyl (C=O) groups excluding carboxylic acids is 4. The molecule has 7 aromatic rings. The molecule has 232 valence electrons. The maximum Gasteiger partial charge on any atom is 0.266 e. The fourth-order valence-electron chi connectivity index (χ4n) is 7.55. The number of hydrogen-bond donors (Lipinski definition) is 0. The highest BCUT2D eigenvalue weighted by atomic mass is 32.1. The van der Waals surface area contributed by atoms with E-state index in [1.807, 2.05) is 113 Å². The second-order valence-corrected chi connectivity index (χ2v) is 14.7. The van der Waals surface area contributed by atoms with Gasteiger partial charge in [-0.05, 0) is 98.5 Å². The highest BCUT2D eigenvalue weighted by Crippen LogP contribution is 2.46. The van der Waals surface area contributed by atoms with E-state index in [0.717, 1.165) is 51.8 Å². The van der Waals surface area contributed by atoms with E-state index in [1.54, 1.807) is 0 Å². The van der Waals surface area contributed by atoms with Crippen molar-refractivity contribution in [1.82, 2.24) is 0 Å². The topological polar surface area (TPSA) is 74.8 Å². The summed E-state index contributed by atoms with van der Waals surface area (Å²) in [7, 11) is 0. The average Bonchev–Trinajstić information content (AvgIpc) is 3.05. The van der Waals surface area contributed by atoms with Gasteiger partial charge in [-0.15, -0.1) is 22.7 Å². The first-order valence-electron chi connectivity index (χ1n) is 15.6. The molecule has 0 saturated heterocycles. The van der Waals surface area contributed by atoms with Crippen LogP contribution in [0.3, 0.4) is 0 Å². The normalized spacial score (nSPS) is 14.3. The fourth-order valence-corrected chi connectivity index (χ4v) is 9.95. The third kappa shape index (κ3) is 3.72. The van der Waals surface area contributed by atoms with Gasteiger partial charge in [0, 0.05) is 62.6 Å². The Bertz CT molecular complexity index is 2370. The van der Waals surface area contributed by atoms with Gasteiger partial charge in [-0.1, -0.05) is 36.4 Å². The molecule has 2 aliphatic heterocycles. The number of para-hydroxylation sites is 2. The summed E-state index contributed by atoms with van der Waals surface area (Å²) >= 11 is 3.06.